The lowest BCUT2D eigenvalue weighted by Crippen LogP contribution is -1.84. The first kappa shape index (κ1) is 10.5. The zero-order valence-electron chi connectivity index (χ0n) is 9.31. The fourth-order valence-corrected chi connectivity index (χ4v) is 1.40. The quantitative estimate of drug-likeness (QED) is 0.736. The van der Waals surface area contributed by atoms with E-state index in [1.807, 2.05) is 37.3 Å². The molecular formula is C13H13NO2. The van der Waals surface area contributed by atoms with E-state index in [4.69, 9.17) is 9.15 Å². The predicted molar refractivity (Wildman–Crippen MR) is 63.7 cm³/mol. The number of aliphatic imine (C=N–C) groups is 1. The highest BCUT2D eigenvalue weighted by Gasteiger charge is 1.98. The zero-order chi connectivity index (χ0) is 11.4. The van der Waals surface area contributed by atoms with Gasteiger partial charge in [-0.3, -0.25) is 4.99 Å². The van der Waals surface area contributed by atoms with E-state index >= 15 is 0 Å². The van der Waals surface area contributed by atoms with Gasteiger partial charge in [0, 0.05) is 0 Å². The Hall–Kier alpha value is -2.03. The molecule has 0 amide bonds. The summed E-state index contributed by atoms with van der Waals surface area (Å²) >= 11 is 0. The van der Waals surface area contributed by atoms with E-state index in [0.717, 1.165) is 22.8 Å². The van der Waals surface area contributed by atoms with Crippen molar-refractivity contribution in [1.82, 2.24) is 0 Å². The lowest BCUT2D eigenvalue weighted by molar-refractivity contribution is 0.414. The molecule has 0 saturated heterocycles. The topological polar surface area (TPSA) is 34.7 Å². The molecule has 16 heavy (non-hydrogen) atoms. The predicted octanol–water partition coefficient (Wildman–Crippen LogP) is 3.35. The molecule has 3 heteroatoms. The Kier molecular flexibility index (Phi) is 3.05. The van der Waals surface area contributed by atoms with Crippen molar-refractivity contribution < 1.29 is 9.15 Å². The molecule has 0 bridgehead atoms. The minimum atomic E-state index is 0.746. The molecule has 0 saturated carbocycles. The molecule has 1 aromatic heterocycles. The molecule has 0 N–H and O–H groups in total. The Bertz CT molecular complexity index is 487. The third kappa shape index (κ3) is 2.31. The van der Waals surface area contributed by atoms with E-state index in [1.165, 1.54) is 0 Å². The summed E-state index contributed by atoms with van der Waals surface area (Å²) in [5.41, 5.74) is 1.99. The molecule has 0 aliphatic rings. The van der Waals surface area contributed by atoms with E-state index in [-0.39, 0.29) is 0 Å². The average Bonchev–Trinajstić information content (AvgIpc) is 2.80. The highest BCUT2D eigenvalue weighted by atomic mass is 16.5. The molecule has 0 fully saturated rings. The Morgan fingerprint density at radius 1 is 1.31 bits per heavy atom. The Morgan fingerprint density at radius 2 is 2.19 bits per heavy atom. The number of ether oxygens (including phenoxy) is 1. The van der Waals surface area contributed by atoms with Crippen LogP contribution in [0.25, 0.3) is 0 Å². The van der Waals surface area contributed by atoms with Gasteiger partial charge < -0.3 is 9.15 Å². The minimum absolute atomic E-state index is 0.746. The summed E-state index contributed by atoms with van der Waals surface area (Å²) in [5, 5.41) is 0. The molecule has 0 atom stereocenters. The summed E-state index contributed by atoms with van der Waals surface area (Å²) in [5.74, 6) is 1.59. The van der Waals surface area contributed by atoms with Crippen molar-refractivity contribution in [2.45, 2.75) is 6.92 Å². The lowest BCUT2D eigenvalue weighted by atomic mass is 10.2. The molecule has 0 unspecified atom stereocenters. The first-order valence-electron chi connectivity index (χ1n) is 5.02. The molecule has 0 radical (unpaired) electrons. The molecule has 0 aliphatic heterocycles. The second kappa shape index (κ2) is 4.66. The lowest BCUT2D eigenvalue weighted by Gasteiger charge is -2.03. The highest BCUT2D eigenvalue weighted by molar-refractivity contribution is 5.79. The fraction of sp³-hybridized carbons (Fsp3) is 0.154. The number of furan rings is 1. The second-order valence-corrected chi connectivity index (χ2v) is 3.43. The summed E-state index contributed by atoms with van der Waals surface area (Å²) in [6.45, 7) is 2.00. The maximum absolute atomic E-state index is 5.17. The van der Waals surface area contributed by atoms with Crippen LogP contribution in [0.4, 0.5) is 5.69 Å². The van der Waals surface area contributed by atoms with E-state index < -0.39 is 0 Å². The number of nitrogens with zero attached hydrogens (tertiary/aromatic N) is 1. The van der Waals surface area contributed by atoms with Gasteiger partial charge in [0.05, 0.1) is 25.3 Å². The third-order valence-electron chi connectivity index (χ3n) is 2.28. The van der Waals surface area contributed by atoms with Gasteiger partial charge >= 0.3 is 0 Å². The van der Waals surface area contributed by atoms with Gasteiger partial charge in [-0.1, -0.05) is 0 Å². The van der Waals surface area contributed by atoms with Crippen LogP contribution in [0.5, 0.6) is 5.75 Å². The molecule has 1 aromatic carbocycles. The maximum Gasteiger partial charge on any atom is 0.144 e. The number of hydrogen-bond acceptors (Lipinski definition) is 3. The van der Waals surface area contributed by atoms with Crippen molar-refractivity contribution >= 4 is 11.9 Å². The Morgan fingerprint density at radius 3 is 2.81 bits per heavy atom. The van der Waals surface area contributed by atoms with Crippen LogP contribution in [0, 0.1) is 6.92 Å². The van der Waals surface area contributed by atoms with Crippen LogP contribution >= 0.6 is 0 Å². The largest absolute Gasteiger partial charge is 0.497 e. The highest BCUT2D eigenvalue weighted by Crippen LogP contribution is 2.23. The molecule has 1 heterocycles. The van der Waals surface area contributed by atoms with Gasteiger partial charge in [0.25, 0.3) is 0 Å². The maximum atomic E-state index is 5.17. The number of methoxy groups -OCH3 is 1. The second-order valence-electron chi connectivity index (χ2n) is 3.43. The van der Waals surface area contributed by atoms with Crippen molar-refractivity contribution in [3.8, 4) is 5.75 Å². The van der Waals surface area contributed by atoms with Crippen LogP contribution < -0.4 is 4.74 Å². The standard InChI is InChI=1S/C13H13NO2/c1-10-8-11(15-2)5-6-13(10)14-9-12-4-3-7-16-12/h3-9H,1-2H3. The first-order chi connectivity index (χ1) is 7.79. The summed E-state index contributed by atoms with van der Waals surface area (Å²) in [6, 6.07) is 9.47. The zero-order valence-corrected chi connectivity index (χ0v) is 9.31. The summed E-state index contributed by atoms with van der Waals surface area (Å²) < 4.78 is 10.3. The van der Waals surface area contributed by atoms with Crippen LogP contribution in [0.3, 0.4) is 0 Å². The molecule has 82 valence electrons. The van der Waals surface area contributed by atoms with Gasteiger partial charge in [-0.05, 0) is 42.8 Å². The number of rotatable bonds is 3. The molecule has 3 nitrogen and oxygen atoms in total. The van der Waals surface area contributed by atoms with Crippen molar-refractivity contribution in [2.24, 2.45) is 4.99 Å². The monoisotopic (exact) mass is 215 g/mol. The Labute approximate surface area is 94.4 Å². The van der Waals surface area contributed by atoms with E-state index in [2.05, 4.69) is 4.99 Å². The van der Waals surface area contributed by atoms with Crippen LogP contribution in [0.2, 0.25) is 0 Å². The molecule has 2 aromatic rings. The normalized spacial score (nSPS) is 10.9. The first-order valence-corrected chi connectivity index (χ1v) is 5.02. The minimum Gasteiger partial charge on any atom is -0.497 e. The van der Waals surface area contributed by atoms with E-state index in [9.17, 15) is 0 Å². The van der Waals surface area contributed by atoms with E-state index in [1.54, 1.807) is 19.6 Å². The molecule has 0 aliphatic carbocycles. The fourth-order valence-electron chi connectivity index (χ4n) is 1.40. The molecule has 2 rings (SSSR count). The van der Waals surface area contributed by atoms with Crippen LogP contribution in [-0.4, -0.2) is 13.3 Å². The van der Waals surface area contributed by atoms with Crippen molar-refractivity contribution in [3.63, 3.8) is 0 Å². The summed E-state index contributed by atoms with van der Waals surface area (Å²) in [6.07, 6.45) is 3.33. The number of hydrogen-bond donors (Lipinski definition) is 0. The van der Waals surface area contributed by atoms with Crippen molar-refractivity contribution in [1.29, 1.82) is 0 Å². The number of benzene rings is 1. The van der Waals surface area contributed by atoms with Gasteiger partial charge in [0.2, 0.25) is 0 Å². The van der Waals surface area contributed by atoms with Gasteiger partial charge in [-0.25, -0.2) is 0 Å². The average molecular weight is 215 g/mol. The Balaban J connectivity index is 2.22. The smallest absolute Gasteiger partial charge is 0.144 e. The van der Waals surface area contributed by atoms with Crippen LogP contribution in [0.15, 0.2) is 46.0 Å². The van der Waals surface area contributed by atoms with Crippen molar-refractivity contribution in [2.75, 3.05) is 7.11 Å². The van der Waals surface area contributed by atoms with Crippen molar-refractivity contribution in [3.05, 3.63) is 47.9 Å². The molecular weight excluding hydrogens is 202 g/mol. The van der Waals surface area contributed by atoms with Gasteiger partial charge in [0.15, 0.2) is 0 Å². The van der Waals surface area contributed by atoms with Gasteiger partial charge in [-0.2, -0.15) is 0 Å². The van der Waals surface area contributed by atoms with Crippen LogP contribution in [-0.2, 0) is 0 Å². The summed E-state index contributed by atoms with van der Waals surface area (Å²) in [7, 11) is 1.65. The summed E-state index contributed by atoms with van der Waals surface area (Å²) in [4.78, 5) is 4.35. The number of aryl methyl sites for hydroxylation is 1. The SMILES string of the molecule is COc1ccc(N=Cc2ccco2)c(C)c1. The third-order valence-corrected chi connectivity index (χ3v) is 2.28. The van der Waals surface area contributed by atoms with Gasteiger partial charge in [0.1, 0.15) is 11.5 Å². The van der Waals surface area contributed by atoms with Crippen LogP contribution in [0.1, 0.15) is 11.3 Å². The molecule has 0 spiro atoms. The van der Waals surface area contributed by atoms with E-state index in [0.29, 0.717) is 0 Å². The van der Waals surface area contributed by atoms with Gasteiger partial charge in [-0.15, -0.1) is 0 Å².